The van der Waals surface area contributed by atoms with Crippen LogP contribution in [0.25, 0.3) is 0 Å². The van der Waals surface area contributed by atoms with E-state index in [9.17, 15) is 0 Å². The first kappa shape index (κ1) is 8.31. The van der Waals surface area contributed by atoms with Crippen LogP contribution in [0.15, 0.2) is 0 Å². The molecule has 4 rings (SSSR count). The third-order valence-electron chi connectivity index (χ3n) is 4.80. The Bertz CT molecular complexity index is 253. The van der Waals surface area contributed by atoms with Crippen LogP contribution in [-0.2, 0) is 9.31 Å². The fraction of sp³-hybridized carbons (Fsp3) is 1.00. The van der Waals surface area contributed by atoms with Crippen molar-refractivity contribution in [1.29, 1.82) is 0 Å². The van der Waals surface area contributed by atoms with Crippen LogP contribution in [0.1, 0.15) is 33.6 Å². The summed E-state index contributed by atoms with van der Waals surface area (Å²) in [6.07, 6.45) is 2.92. The average Bonchev–Trinajstić information content (AvgIpc) is 2.44. The average molecular weight is 180 g/mol. The third kappa shape index (κ3) is 0.828. The summed E-state index contributed by atoms with van der Waals surface area (Å²) in [4.78, 5) is 0. The Morgan fingerprint density at radius 3 is 2.77 bits per heavy atom. The SMILES string of the molecule is CC12CC3CC(C1OBO2)C3(C)C. The van der Waals surface area contributed by atoms with Crippen molar-refractivity contribution in [3.63, 3.8) is 0 Å². The number of rotatable bonds is 0. The molecule has 0 radical (unpaired) electrons. The topological polar surface area (TPSA) is 18.5 Å². The molecule has 4 aliphatic rings. The van der Waals surface area contributed by atoms with Crippen LogP contribution in [0.2, 0.25) is 0 Å². The molecule has 0 aromatic rings. The second-order valence-corrected chi connectivity index (χ2v) is 5.73. The molecule has 1 heterocycles. The molecule has 0 N–H and O–H groups in total. The zero-order chi connectivity index (χ0) is 9.27. The first-order chi connectivity index (χ1) is 6.04. The van der Waals surface area contributed by atoms with E-state index >= 15 is 0 Å². The molecule has 4 unspecified atom stereocenters. The zero-order valence-corrected chi connectivity index (χ0v) is 8.67. The molecule has 4 atom stereocenters. The van der Waals surface area contributed by atoms with Crippen molar-refractivity contribution in [2.45, 2.75) is 45.3 Å². The molecule has 0 aromatic heterocycles. The highest BCUT2D eigenvalue weighted by Crippen LogP contribution is 2.64. The van der Waals surface area contributed by atoms with Crippen molar-refractivity contribution >= 4 is 7.69 Å². The summed E-state index contributed by atoms with van der Waals surface area (Å²) in [5.74, 6) is 1.60. The molecule has 0 spiro atoms. The Kier molecular flexibility index (Phi) is 1.37. The van der Waals surface area contributed by atoms with Crippen molar-refractivity contribution < 1.29 is 9.31 Å². The molecular formula is C10H17BO2. The highest BCUT2D eigenvalue weighted by atomic mass is 16.6. The lowest BCUT2D eigenvalue weighted by Gasteiger charge is -2.63. The predicted molar refractivity (Wildman–Crippen MR) is 51.5 cm³/mol. The third-order valence-corrected chi connectivity index (χ3v) is 4.80. The Morgan fingerprint density at radius 1 is 1.31 bits per heavy atom. The summed E-state index contributed by atoms with van der Waals surface area (Å²) in [7, 11) is 0.514. The molecule has 1 saturated heterocycles. The largest absolute Gasteiger partial charge is 0.438 e. The van der Waals surface area contributed by atoms with Crippen LogP contribution in [-0.4, -0.2) is 19.4 Å². The zero-order valence-electron chi connectivity index (χ0n) is 8.67. The molecule has 72 valence electrons. The summed E-state index contributed by atoms with van der Waals surface area (Å²) in [6, 6.07) is 0. The van der Waals surface area contributed by atoms with Gasteiger partial charge in [0.2, 0.25) is 0 Å². The van der Waals surface area contributed by atoms with Crippen molar-refractivity contribution in [2.75, 3.05) is 0 Å². The molecule has 0 aromatic carbocycles. The van der Waals surface area contributed by atoms with Crippen LogP contribution in [0.3, 0.4) is 0 Å². The van der Waals surface area contributed by atoms with E-state index in [1.807, 2.05) is 0 Å². The minimum atomic E-state index is 0.0447. The van der Waals surface area contributed by atoms with E-state index < -0.39 is 0 Å². The van der Waals surface area contributed by atoms with Gasteiger partial charge in [0.25, 0.3) is 0 Å². The Hall–Kier alpha value is -0.0151. The van der Waals surface area contributed by atoms with Crippen molar-refractivity contribution in [1.82, 2.24) is 0 Å². The summed E-state index contributed by atoms with van der Waals surface area (Å²) < 4.78 is 11.4. The molecule has 0 amide bonds. The molecule has 4 fully saturated rings. The molecule has 1 aliphatic heterocycles. The second kappa shape index (κ2) is 2.14. The smallest absolute Gasteiger partial charge is 0.408 e. The van der Waals surface area contributed by atoms with Gasteiger partial charge >= 0.3 is 7.69 Å². The molecule has 13 heavy (non-hydrogen) atoms. The molecular weight excluding hydrogens is 163 g/mol. The van der Waals surface area contributed by atoms with E-state index in [0.717, 1.165) is 11.8 Å². The lowest BCUT2D eigenvalue weighted by Crippen LogP contribution is -2.63. The van der Waals surface area contributed by atoms with Crippen LogP contribution in [0, 0.1) is 17.3 Å². The predicted octanol–water partition coefficient (Wildman–Crippen LogP) is 1.49. The fourth-order valence-corrected chi connectivity index (χ4v) is 3.62. The second-order valence-electron chi connectivity index (χ2n) is 5.73. The van der Waals surface area contributed by atoms with Crippen molar-refractivity contribution in [3.05, 3.63) is 0 Å². The van der Waals surface area contributed by atoms with Crippen LogP contribution < -0.4 is 0 Å². The van der Waals surface area contributed by atoms with Gasteiger partial charge in [-0.25, -0.2) is 0 Å². The minimum absolute atomic E-state index is 0.0447. The van der Waals surface area contributed by atoms with Crippen LogP contribution in [0.4, 0.5) is 0 Å². The van der Waals surface area contributed by atoms with Gasteiger partial charge in [0.15, 0.2) is 0 Å². The van der Waals surface area contributed by atoms with E-state index in [4.69, 9.17) is 9.31 Å². The van der Waals surface area contributed by atoms with Gasteiger partial charge in [-0.2, -0.15) is 0 Å². The van der Waals surface area contributed by atoms with E-state index in [1.54, 1.807) is 0 Å². The molecule has 3 saturated carbocycles. The van der Waals surface area contributed by atoms with Crippen LogP contribution >= 0.6 is 0 Å². The highest BCUT2D eigenvalue weighted by Gasteiger charge is 2.64. The van der Waals surface area contributed by atoms with Gasteiger partial charge in [-0.1, -0.05) is 13.8 Å². The Morgan fingerprint density at radius 2 is 2.08 bits per heavy atom. The first-order valence-corrected chi connectivity index (χ1v) is 5.29. The molecule has 2 bridgehead atoms. The normalized spacial score (nSPS) is 56.4. The van der Waals surface area contributed by atoms with E-state index in [2.05, 4.69) is 20.8 Å². The maximum atomic E-state index is 5.72. The monoisotopic (exact) mass is 180 g/mol. The van der Waals surface area contributed by atoms with Gasteiger partial charge in [0.1, 0.15) is 0 Å². The lowest BCUT2D eigenvalue weighted by molar-refractivity contribution is -0.185. The summed E-state index contributed by atoms with van der Waals surface area (Å²) in [6.45, 7) is 6.99. The van der Waals surface area contributed by atoms with Gasteiger partial charge in [-0.05, 0) is 37.0 Å². The molecule has 2 nitrogen and oxygen atoms in total. The maximum Gasteiger partial charge on any atom is 0.438 e. The van der Waals surface area contributed by atoms with E-state index in [-0.39, 0.29) is 5.60 Å². The Labute approximate surface area is 80.3 Å². The summed E-state index contributed by atoms with van der Waals surface area (Å²) in [5.41, 5.74) is 0.543. The van der Waals surface area contributed by atoms with Gasteiger partial charge in [-0.3, -0.25) is 0 Å². The molecule has 3 heteroatoms. The van der Waals surface area contributed by atoms with Gasteiger partial charge in [0.05, 0.1) is 11.7 Å². The van der Waals surface area contributed by atoms with Crippen LogP contribution in [0.5, 0.6) is 0 Å². The van der Waals surface area contributed by atoms with Gasteiger partial charge in [0, 0.05) is 0 Å². The van der Waals surface area contributed by atoms with Gasteiger partial charge < -0.3 is 9.31 Å². The highest BCUT2D eigenvalue weighted by molar-refractivity contribution is 6.19. The fourth-order valence-electron chi connectivity index (χ4n) is 3.62. The summed E-state index contributed by atoms with van der Waals surface area (Å²) >= 11 is 0. The minimum Gasteiger partial charge on any atom is -0.408 e. The summed E-state index contributed by atoms with van der Waals surface area (Å²) in [5, 5.41) is 0. The van der Waals surface area contributed by atoms with E-state index in [1.165, 1.54) is 12.8 Å². The van der Waals surface area contributed by atoms with E-state index in [0.29, 0.717) is 19.2 Å². The van der Waals surface area contributed by atoms with Crippen molar-refractivity contribution in [3.8, 4) is 0 Å². The van der Waals surface area contributed by atoms with Gasteiger partial charge in [-0.15, -0.1) is 0 Å². The van der Waals surface area contributed by atoms with Crippen molar-refractivity contribution in [2.24, 2.45) is 17.3 Å². The molecule has 3 aliphatic carbocycles. The number of hydrogen-bond donors (Lipinski definition) is 0. The maximum absolute atomic E-state index is 5.72. The lowest BCUT2D eigenvalue weighted by atomic mass is 9.45. The quantitative estimate of drug-likeness (QED) is 0.526. The standard InChI is InChI=1S/C10H17BO2/c1-9(2)6-4-7(9)8-10(3,5-6)13-11-12-8/h6-8,11H,4-5H2,1-3H3. The first-order valence-electron chi connectivity index (χ1n) is 5.29. The Balaban J connectivity index is 1.94. The number of hydrogen-bond acceptors (Lipinski definition) is 2.